The maximum atomic E-state index is 13.7. The zero-order valence-corrected chi connectivity index (χ0v) is 11.9. The molecule has 0 aliphatic heterocycles. The fourth-order valence-corrected chi connectivity index (χ4v) is 1.77. The van der Waals surface area contributed by atoms with Crippen molar-refractivity contribution in [3.63, 3.8) is 0 Å². The van der Waals surface area contributed by atoms with Crippen LogP contribution in [0.2, 0.25) is 10.0 Å². The van der Waals surface area contributed by atoms with E-state index in [1.807, 2.05) is 0 Å². The van der Waals surface area contributed by atoms with Crippen molar-refractivity contribution in [1.29, 1.82) is 0 Å². The summed E-state index contributed by atoms with van der Waals surface area (Å²) in [4.78, 5) is 0. The summed E-state index contributed by atoms with van der Waals surface area (Å²) < 4.78 is 36.8. The first-order valence-electron chi connectivity index (χ1n) is 4.44. The van der Waals surface area contributed by atoms with Crippen LogP contribution in [-0.4, -0.2) is 13.7 Å². The highest BCUT2D eigenvalue weighted by atomic mass is 35.5. The number of hydrogen-bond acceptors (Lipinski definition) is 2. The monoisotopic (exact) mass is 336 g/mol. The second-order valence-corrected chi connectivity index (χ2v) is 4.69. The molecule has 0 spiro atoms. The van der Waals surface area contributed by atoms with Crippen molar-refractivity contribution in [2.45, 2.75) is 0 Å². The summed E-state index contributed by atoms with van der Waals surface area (Å²) in [5.74, 6) is -3.26. The number of benzene rings is 1. The van der Waals surface area contributed by atoms with E-state index in [9.17, 15) is 8.78 Å². The van der Waals surface area contributed by atoms with E-state index in [0.29, 0.717) is 0 Å². The molecule has 0 radical (unpaired) electrons. The zero-order chi connectivity index (χ0) is 13.9. The summed E-state index contributed by atoms with van der Waals surface area (Å²) in [5, 5.41) is -0.945. The molecule has 0 unspecified atom stereocenters. The molecule has 1 rings (SSSR count). The SMILES string of the molecule is COc1c(Cl)c(F)c(OCC=C(Cl)Cl)c(F)c1Cl. The van der Waals surface area contributed by atoms with Crippen molar-refractivity contribution >= 4 is 46.4 Å². The van der Waals surface area contributed by atoms with Gasteiger partial charge >= 0.3 is 0 Å². The quantitative estimate of drug-likeness (QED) is 0.721. The molecular weight excluding hydrogens is 332 g/mol. The fraction of sp³-hybridized carbons (Fsp3) is 0.200. The van der Waals surface area contributed by atoms with Crippen LogP contribution < -0.4 is 9.47 Å². The van der Waals surface area contributed by atoms with Gasteiger partial charge in [-0.3, -0.25) is 0 Å². The number of rotatable bonds is 4. The van der Waals surface area contributed by atoms with E-state index in [2.05, 4.69) is 4.74 Å². The first-order chi connectivity index (χ1) is 8.40. The van der Waals surface area contributed by atoms with E-state index < -0.39 is 27.4 Å². The van der Waals surface area contributed by atoms with Crippen molar-refractivity contribution in [1.82, 2.24) is 0 Å². The van der Waals surface area contributed by atoms with Gasteiger partial charge in [0.15, 0.2) is 23.1 Å². The maximum absolute atomic E-state index is 13.7. The number of hydrogen-bond donors (Lipinski definition) is 0. The largest absolute Gasteiger partial charge is 0.493 e. The molecule has 0 aliphatic carbocycles. The van der Waals surface area contributed by atoms with Gasteiger partial charge in [0.05, 0.1) is 7.11 Å². The van der Waals surface area contributed by atoms with Gasteiger partial charge in [0.25, 0.3) is 0 Å². The summed E-state index contributed by atoms with van der Waals surface area (Å²) in [7, 11) is 1.18. The molecule has 100 valence electrons. The third-order valence-corrected chi connectivity index (χ3v) is 2.84. The van der Waals surface area contributed by atoms with Crippen molar-refractivity contribution in [2.75, 3.05) is 13.7 Å². The first-order valence-corrected chi connectivity index (χ1v) is 5.95. The smallest absolute Gasteiger partial charge is 0.194 e. The lowest BCUT2D eigenvalue weighted by atomic mass is 10.3. The predicted octanol–water partition coefficient (Wildman–Crippen LogP) is 4.98. The number of ether oxygens (including phenoxy) is 2. The van der Waals surface area contributed by atoms with E-state index >= 15 is 0 Å². The molecule has 8 heteroatoms. The average Bonchev–Trinajstić information content (AvgIpc) is 2.31. The van der Waals surface area contributed by atoms with E-state index in [1.54, 1.807) is 0 Å². The number of methoxy groups -OCH3 is 1. The molecule has 0 bridgehead atoms. The Morgan fingerprint density at radius 3 is 2.00 bits per heavy atom. The molecule has 0 saturated heterocycles. The molecule has 1 aromatic rings. The Balaban J connectivity index is 3.17. The highest BCUT2D eigenvalue weighted by Crippen LogP contribution is 2.42. The van der Waals surface area contributed by atoms with Gasteiger partial charge in [-0.05, 0) is 6.08 Å². The van der Waals surface area contributed by atoms with E-state index in [4.69, 9.17) is 51.1 Å². The van der Waals surface area contributed by atoms with E-state index in [-0.39, 0.29) is 16.8 Å². The van der Waals surface area contributed by atoms with Crippen LogP contribution in [0.15, 0.2) is 10.6 Å². The molecule has 0 fully saturated rings. The zero-order valence-electron chi connectivity index (χ0n) is 8.87. The Bertz CT molecular complexity index is 458. The summed E-state index contributed by atoms with van der Waals surface area (Å²) in [6, 6.07) is 0. The number of halogens is 6. The Labute approximate surface area is 122 Å². The Hall–Kier alpha value is -0.420. The van der Waals surface area contributed by atoms with Crippen molar-refractivity contribution in [2.24, 2.45) is 0 Å². The van der Waals surface area contributed by atoms with Gasteiger partial charge in [0.2, 0.25) is 0 Å². The summed E-state index contributed by atoms with van der Waals surface area (Å²) >= 11 is 21.9. The first kappa shape index (κ1) is 15.6. The van der Waals surface area contributed by atoms with Crippen LogP contribution in [0.4, 0.5) is 8.78 Å². The fourth-order valence-electron chi connectivity index (χ4n) is 1.09. The van der Waals surface area contributed by atoms with Crippen LogP contribution in [0, 0.1) is 11.6 Å². The van der Waals surface area contributed by atoms with Gasteiger partial charge in [-0.1, -0.05) is 46.4 Å². The highest BCUT2D eigenvalue weighted by molar-refractivity contribution is 6.55. The molecule has 0 saturated carbocycles. The van der Waals surface area contributed by atoms with Crippen LogP contribution in [0.5, 0.6) is 11.5 Å². The van der Waals surface area contributed by atoms with Gasteiger partial charge in [-0.25, -0.2) is 8.78 Å². The molecular formula is C10H6Cl4F2O2. The third-order valence-electron chi connectivity index (χ3n) is 1.85. The maximum Gasteiger partial charge on any atom is 0.194 e. The van der Waals surface area contributed by atoms with Crippen LogP contribution >= 0.6 is 46.4 Å². The van der Waals surface area contributed by atoms with Crippen LogP contribution in [0.25, 0.3) is 0 Å². The molecule has 1 aromatic carbocycles. The molecule has 0 amide bonds. The van der Waals surface area contributed by atoms with E-state index in [0.717, 1.165) is 0 Å². The van der Waals surface area contributed by atoms with E-state index in [1.165, 1.54) is 13.2 Å². The van der Waals surface area contributed by atoms with Gasteiger partial charge in [-0.2, -0.15) is 0 Å². The Morgan fingerprint density at radius 1 is 1.11 bits per heavy atom. The minimum atomic E-state index is -1.12. The molecule has 18 heavy (non-hydrogen) atoms. The summed E-state index contributed by atoms with van der Waals surface area (Å²) in [6.45, 7) is -0.241. The van der Waals surface area contributed by atoms with Crippen LogP contribution in [0.1, 0.15) is 0 Å². The minimum absolute atomic E-state index is 0.0958. The van der Waals surface area contributed by atoms with Gasteiger partial charge in [0.1, 0.15) is 21.1 Å². The minimum Gasteiger partial charge on any atom is -0.493 e. The second kappa shape index (κ2) is 6.66. The normalized spacial score (nSPS) is 10.2. The van der Waals surface area contributed by atoms with Gasteiger partial charge in [0, 0.05) is 0 Å². The lowest BCUT2D eigenvalue weighted by molar-refractivity contribution is 0.316. The standard InChI is InChI=1S/C10H6Cl4F2O2/c1-17-9-5(13)7(15)10(8(16)6(9)14)18-3-2-4(11)12/h2H,3H2,1H3. The topological polar surface area (TPSA) is 18.5 Å². The summed E-state index contributed by atoms with van der Waals surface area (Å²) in [5.41, 5.74) is 0. The highest BCUT2D eigenvalue weighted by Gasteiger charge is 2.24. The Morgan fingerprint density at radius 2 is 1.61 bits per heavy atom. The molecule has 0 aromatic heterocycles. The average molecular weight is 338 g/mol. The molecule has 0 N–H and O–H groups in total. The lowest BCUT2D eigenvalue weighted by Gasteiger charge is -2.12. The molecule has 2 nitrogen and oxygen atoms in total. The second-order valence-electron chi connectivity index (χ2n) is 2.92. The Kier molecular flexibility index (Phi) is 5.79. The van der Waals surface area contributed by atoms with Crippen molar-refractivity contribution in [3.05, 3.63) is 32.2 Å². The predicted molar refractivity (Wildman–Crippen MR) is 68.2 cm³/mol. The van der Waals surface area contributed by atoms with Crippen molar-refractivity contribution < 1.29 is 18.3 Å². The third kappa shape index (κ3) is 3.32. The molecule has 0 heterocycles. The van der Waals surface area contributed by atoms with Crippen LogP contribution in [0.3, 0.4) is 0 Å². The van der Waals surface area contributed by atoms with Crippen molar-refractivity contribution in [3.8, 4) is 11.5 Å². The summed E-state index contributed by atoms with van der Waals surface area (Å²) in [6.07, 6.45) is 1.20. The van der Waals surface area contributed by atoms with Gasteiger partial charge in [-0.15, -0.1) is 0 Å². The molecule has 0 aliphatic rings. The van der Waals surface area contributed by atoms with Crippen LogP contribution in [-0.2, 0) is 0 Å². The lowest BCUT2D eigenvalue weighted by Crippen LogP contribution is -2.02. The van der Waals surface area contributed by atoms with Gasteiger partial charge < -0.3 is 9.47 Å². The molecule has 0 atom stereocenters.